The molecule has 1 amide bonds. The summed E-state index contributed by atoms with van der Waals surface area (Å²) in [4.78, 5) is 16.4. The molecule has 110 valence electrons. The highest BCUT2D eigenvalue weighted by atomic mass is 16.3. The van der Waals surface area contributed by atoms with Gasteiger partial charge < -0.3 is 20.0 Å². The number of fused-ring (bicyclic) bond motifs is 2. The first kappa shape index (κ1) is 12.7. The van der Waals surface area contributed by atoms with Crippen LogP contribution in [0.25, 0.3) is 0 Å². The SMILES string of the molecule is O=C1CCCC2C3CC=CN4C[C@H](O)C(O)C(CN12)C34. The van der Waals surface area contributed by atoms with Crippen molar-refractivity contribution in [1.29, 1.82) is 0 Å². The van der Waals surface area contributed by atoms with Crippen LogP contribution in [0, 0.1) is 11.8 Å². The summed E-state index contributed by atoms with van der Waals surface area (Å²) in [6.45, 7) is 1.11. The van der Waals surface area contributed by atoms with Crippen LogP contribution in [0.3, 0.4) is 0 Å². The normalized spacial score (nSPS) is 47.0. The van der Waals surface area contributed by atoms with Crippen LogP contribution in [0.2, 0.25) is 0 Å². The summed E-state index contributed by atoms with van der Waals surface area (Å²) in [6.07, 6.45) is 6.50. The summed E-state index contributed by atoms with van der Waals surface area (Å²) in [6, 6.07) is 0.609. The second-order valence-electron chi connectivity index (χ2n) is 6.70. The van der Waals surface area contributed by atoms with Crippen molar-refractivity contribution in [1.82, 2.24) is 9.80 Å². The fourth-order valence-corrected chi connectivity index (χ4v) is 4.85. The third-order valence-corrected chi connectivity index (χ3v) is 5.71. The highest BCUT2D eigenvalue weighted by molar-refractivity contribution is 5.77. The van der Waals surface area contributed by atoms with Crippen molar-refractivity contribution in [2.24, 2.45) is 11.8 Å². The van der Waals surface area contributed by atoms with Crippen LogP contribution in [0.15, 0.2) is 12.3 Å². The average molecular weight is 278 g/mol. The maximum Gasteiger partial charge on any atom is 0.222 e. The number of hydrogen-bond donors (Lipinski definition) is 2. The van der Waals surface area contributed by atoms with Crippen molar-refractivity contribution >= 4 is 5.91 Å². The van der Waals surface area contributed by atoms with Crippen LogP contribution in [0.5, 0.6) is 0 Å². The van der Waals surface area contributed by atoms with Gasteiger partial charge in [0, 0.05) is 43.4 Å². The summed E-state index contributed by atoms with van der Waals surface area (Å²) >= 11 is 0. The number of hydrogen-bond acceptors (Lipinski definition) is 4. The zero-order valence-corrected chi connectivity index (χ0v) is 11.6. The number of piperidine rings is 3. The van der Waals surface area contributed by atoms with Gasteiger partial charge >= 0.3 is 0 Å². The molecule has 5 heteroatoms. The maximum absolute atomic E-state index is 12.2. The minimum atomic E-state index is -0.712. The third kappa shape index (κ3) is 1.66. The lowest BCUT2D eigenvalue weighted by Crippen LogP contribution is -2.70. The molecule has 4 heterocycles. The first-order chi connectivity index (χ1) is 9.66. The Morgan fingerprint density at radius 2 is 2.05 bits per heavy atom. The average Bonchev–Trinajstić information content (AvgIpc) is 2.45. The van der Waals surface area contributed by atoms with Gasteiger partial charge in [-0.2, -0.15) is 0 Å². The molecule has 0 saturated carbocycles. The predicted octanol–water partition coefficient (Wildman–Crippen LogP) is -0.0631. The molecule has 4 aliphatic rings. The lowest BCUT2D eigenvalue weighted by Gasteiger charge is -2.59. The molecule has 4 rings (SSSR count). The molecular weight excluding hydrogens is 256 g/mol. The van der Waals surface area contributed by atoms with E-state index in [0.717, 1.165) is 19.3 Å². The topological polar surface area (TPSA) is 64.0 Å². The Morgan fingerprint density at radius 1 is 1.20 bits per heavy atom. The number of carbonyl (C=O) groups is 1. The van der Waals surface area contributed by atoms with Gasteiger partial charge in [-0.15, -0.1) is 0 Å². The van der Waals surface area contributed by atoms with Crippen molar-refractivity contribution in [3.05, 3.63) is 12.3 Å². The minimum absolute atomic E-state index is 0.0213. The van der Waals surface area contributed by atoms with Crippen molar-refractivity contribution in [3.8, 4) is 0 Å². The predicted molar refractivity (Wildman–Crippen MR) is 72.6 cm³/mol. The lowest BCUT2D eigenvalue weighted by atomic mass is 9.68. The lowest BCUT2D eigenvalue weighted by molar-refractivity contribution is -0.165. The molecule has 0 aromatic rings. The van der Waals surface area contributed by atoms with Crippen LogP contribution in [-0.4, -0.2) is 63.3 Å². The molecule has 3 fully saturated rings. The highest BCUT2D eigenvalue weighted by Crippen LogP contribution is 2.44. The molecule has 0 aromatic carbocycles. The zero-order chi connectivity index (χ0) is 13.9. The molecular formula is C15H22N2O3. The molecule has 0 spiro atoms. The number of amides is 1. The van der Waals surface area contributed by atoms with E-state index in [2.05, 4.69) is 17.2 Å². The Hall–Kier alpha value is -1.07. The van der Waals surface area contributed by atoms with Gasteiger partial charge in [0.25, 0.3) is 0 Å². The van der Waals surface area contributed by atoms with Crippen LogP contribution in [0.1, 0.15) is 25.7 Å². The number of aliphatic hydroxyl groups is 2. The molecule has 6 atom stereocenters. The maximum atomic E-state index is 12.2. The Kier molecular flexibility index (Phi) is 2.82. The number of nitrogens with zero attached hydrogens (tertiary/aromatic N) is 2. The van der Waals surface area contributed by atoms with Crippen LogP contribution in [-0.2, 0) is 4.79 Å². The van der Waals surface area contributed by atoms with E-state index < -0.39 is 12.2 Å². The van der Waals surface area contributed by atoms with Crippen molar-refractivity contribution in [2.45, 2.75) is 50.0 Å². The van der Waals surface area contributed by atoms with Gasteiger partial charge in [0.2, 0.25) is 5.91 Å². The highest BCUT2D eigenvalue weighted by Gasteiger charge is 2.53. The fourth-order valence-electron chi connectivity index (χ4n) is 4.85. The summed E-state index contributed by atoms with van der Waals surface area (Å²) in [7, 11) is 0. The van der Waals surface area contributed by atoms with Gasteiger partial charge in [0.15, 0.2) is 0 Å². The van der Waals surface area contributed by atoms with Gasteiger partial charge in [-0.1, -0.05) is 6.08 Å². The third-order valence-electron chi connectivity index (χ3n) is 5.71. The van der Waals surface area contributed by atoms with Crippen molar-refractivity contribution in [3.63, 3.8) is 0 Å². The summed E-state index contributed by atoms with van der Waals surface area (Å²) < 4.78 is 0. The van der Waals surface area contributed by atoms with Crippen LogP contribution >= 0.6 is 0 Å². The second-order valence-corrected chi connectivity index (χ2v) is 6.70. The van der Waals surface area contributed by atoms with E-state index in [1.165, 1.54) is 0 Å². The van der Waals surface area contributed by atoms with E-state index >= 15 is 0 Å². The molecule has 2 N–H and O–H groups in total. The molecule has 0 aromatic heterocycles. The standard InChI is InChI=1S/C15H22N2O3/c18-12-8-16-6-2-3-9-11-4-1-5-13(19)17(11)7-10(14(9)16)15(12)20/h2,6,9-12,14-15,18,20H,1,3-5,7-8H2/t9?,10?,11?,12-,14?,15?/m0/s1. The zero-order valence-electron chi connectivity index (χ0n) is 11.6. The van der Waals surface area contributed by atoms with E-state index in [-0.39, 0.29) is 17.9 Å². The van der Waals surface area contributed by atoms with Gasteiger partial charge in [0.05, 0.1) is 12.2 Å². The Balaban J connectivity index is 1.71. The van der Waals surface area contributed by atoms with Gasteiger partial charge in [0.1, 0.15) is 0 Å². The van der Waals surface area contributed by atoms with Gasteiger partial charge in [-0.25, -0.2) is 0 Å². The smallest absolute Gasteiger partial charge is 0.222 e. The number of rotatable bonds is 0. The summed E-state index contributed by atoms with van der Waals surface area (Å²) in [5.74, 6) is 0.616. The molecule has 5 nitrogen and oxygen atoms in total. The first-order valence-corrected chi connectivity index (χ1v) is 7.75. The molecule has 3 saturated heterocycles. The molecule has 0 bridgehead atoms. The molecule has 0 aliphatic carbocycles. The van der Waals surface area contributed by atoms with Gasteiger partial charge in [-0.05, 0) is 25.5 Å². The Bertz CT molecular complexity index is 452. The first-order valence-electron chi connectivity index (χ1n) is 7.75. The minimum Gasteiger partial charge on any atom is -0.390 e. The monoisotopic (exact) mass is 278 g/mol. The van der Waals surface area contributed by atoms with E-state index in [1.807, 2.05) is 4.90 Å². The number of carbonyl (C=O) groups excluding carboxylic acids is 1. The van der Waals surface area contributed by atoms with Crippen molar-refractivity contribution in [2.75, 3.05) is 13.1 Å². The molecule has 5 unspecified atom stereocenters. The quantitative estimate of drug-likeness (QED) is 0.651. The fraction of sp³-hybridized carbons (Fsp3) is 0.800. The number of aliphatic hydroxyl groups excluding tert-OH is 2. The summed E-state index contributed by atoms with van der Waals surface area (Å²) in [5.41, 5.74) is 0. The van der Waals surface area contributed by atoms with E-state index in [1.54, 1.807) is 0 Å². The molecule has 0 radical (unpaired) electrons. The molecule has 4 aliphatic heterocycles. The number of allylic oxidation sites excluding steroid dienone is 1. The van der Waals surface area contributed by atoms with E-state index in [4.69, 9.17) is 0 Å². The van der Waals surface area contributed by atoms with Crippen LogP contribution in [0.4, 0.5) is 0 Å². The van der Waals surface area contributed by atoms with Crippen molar-refractivity contribution < 1.29 is 15.0 Å². The van der Waals surface area contributed by atoms with Gasteiger partial charge in [-0.3, -0.25) is 4.79 Å². The Labute approximate surface area is 118 Å². The van der Waals surface area contributed by atoms with Crippen LogP contribution < -0.4 is 0 Å². The largest absolute Gasteiger partial charge is 0.390 e. The van der Waals surface area contributed by atoms with E-state index in [9.17, 15) is 15.0 Å². The summed E-state index contributed by atoms with van der Waals surface area (Å²) in [5, 5.41) is 20.4. The second kappa shape index (κ2) is 4.46. The molecule has 20 heavy (non-hydrogen) atoms. The van der Waals surface area contributed by atoms with E-state index in [0.29, 0.717) is 31.5 Å². The Morgan fingerprint density at radius 3 is 2.90 bits per heavy atom.